The molecule has 1 N–H and O–H groups in total. The monoisotopic (exact) mass is 369 g/mol. The van der Waals surface area contributed by atoms with E-state index in [9.17, 15) is 9.18 Å². The molecule has 0 radical (unpaired) electrons. The molecular formula is C20H20FN3OS. The molecule has 4 nitrogen and oxygen atoms in total. The molecule has 6 heteroatoms. The van der Waals surface area contributed by atoms with Crippen molar-refractivity contribution in [3.8, 4) is 0 Å². The van der Waals surface area contributed by atoms with Gasteiger partial charge in [-0.1, -0.05) is 30.3 Å². The Hall–Kier alpha value is -2.60. The van der Waals surface area contributed by atoms with Gasteiger partial charge in [0, 0.05) is 36.0 Å². The smallest absolute Gasteiger partial charge is 0.251 e. The van der Waals surface area contributed by atoms with Crippen LogP contribution in [0.25, 0.3) is 0 Å². The van der Waals surface area contributed by atoms with E-state index >= 15 is 0 Å². The molecule has 1 amide bonds. The summed E-state index contributed by atoms with van der Waals surface area (Å²) < 4.78 is 15.3. The summed E-state index contributed by atoms with van der Waals surface area (Å²) in [6.45, 7) is 1.23. The van der Waals surface area contributed by atoms with Crippen LogP contribution in [-0.4, -0.2) is 28.0 Å². The van der Waals surface area contributed by atoms with Crippen molar-refractivity contribution in [1.82, 2.24) is 15.1 Å². The Labute approximate surface area is 156 Å². The van der Waals surface area contributed by atoms with E-state index in [-0.39, 0.29) is 11.7 Å². The number of hydrogen-bond acceptors (Lipinski definition) is 3. The number of carbonyl (C=O) groups is 1. The average Bonchev–Trinajstić information content (AvgIpc) is 3.16. The van der Waals surface area contributed by atoms with Crippen LogP contribution in [0.3, 0.4) is 0 Å². The molecule has 0 unspecified atom stereocenters. The summed E-state index contributed by atoms with van der Waals surface area (Å²) in [7, 11) is 0. The van der Waals surface area contributed by atoms with Gasteiger partial charge in [-0.25, -0.2) is 4.39 Å². The first-order valence-electron chi connectivity index (χ1n) is 8.38. The Morgan fingerprint density at radius 2 is 1.92 bits per heavy atom. The third-order valence-electron chi connectivity index (χ3n) is 3.87. The maximum atomic E-state index is 13.5. The van der Waals surface area contributed by atoms with Gasteiger partial charge < -0.3 is 5.32 Å². The summed E-state index contributed by atoms with van der Waals surface area (Å²) in [5.74, 6) is 1.06. The lowest BCUT2D eigenvalue weighted by Crippen LogP contribution is -2.25. The quantitative estimate of drug-likeness (QED) is 0.616. The van der Waals surface area contributed by atoms with Crippen molar-refractivity contribution in [2.45, 2.75) is 12.3 Å². The minimum Gasteiger partial charge on any atom is -0.351 e. The summed E-state index contributed by atoms with van der Waals surface area (Å²) in [6, 6.07) is 16.2. The van der Waals surface area contributed by atoms with E-state index in [1.165, 1.54) is 6.07 Å². The van der Waals surface area contributed by atoms with Crippen LogP contribution in [0.15, 0.2) is 67.0 Å². The van der Waals surface area contributed by atoms with Crippen LogP contribution in [0, 0.1) is 5.82 Å². The van der Waals surface area contributed by atoms with Gasteiger partial charge in [-0.3, -0.25) is 9.48 Å². The van der Waals surface area contributed by atoms with Gasteiger partial charge in [-0.15, -0.1) is 0 Å². The highest BCUT2D eigenvalue weighted by Crippen LogP contribution is 2.14. The third kappa shape index (κ3) is 5.20. The van der Waals surface area contributed by atoms with E-state index in [0.29, 0.717) is 30.0 Å². The highest BCUT2D eigenvalue weighted by Gasteiger charge is 2.06. The van der Waals surface area contributed by atoms with Crippen molar-refractivity contribution >= 4 is 17.7 Å². The van der Waals surface area contributed by atoms with Crippen LogP contribution < -0.4 is 5.32 Å². The largest absolute Gasteiger partial charge is 0.351 e. The van der Waals surface area contributed by atoms with Crippen LogP contribution in [-0.2, 0) is 12.3 Å². The molecule has 0 aliphatic rings. The molecule has 26 heavy (non-hydrogen) atoms. The fraction of sp³-hybridized carbons (Fsp3) is 0.200. The first-order valence-corrected chi connectivity index (χ1v) is 9.53. The molecule has 0 saturated carbocycles. The molecule has 1 aromatic heterocycles. The molecule has 0 aliphatic carbocycles. The number of halogens is 1. The Kier molecular flexibility index (Phi) is 6.44. The predicted octanol–water partition coefficient (Wildman–Crippen LogP) is 3.73. The molecule has 0 fully saturated rings. The maximum Gasteiger partial charge on any atom is 0.251 e. The van der Waals surface area contributed by atoms with E-state index < -0.39 is 0 Å². The Morgan fingerprint density at radius 3 is 2.65 bits per heavy atom. The minimum atomic E-state index is -0.181. The Balaban J connectivity index is 1.40. The van der Waals surface area contributed by atoms with Crippen molar-refractivity contribution in [2.75, 3.05) is 12.3 Å². The summed E-state index contributed by atoms with van der Waals surface area (Å²) in [5, 5.41) is 7.06. The second-order valence-electron chi connectivity index (χ2n) is 5.80. The lowest BCUT2D eigenvalue weighted by Gasteiger charge is -2.07. The first-order chi connectivity index (χ1) is 12.7. The topological polar surface area (TPSA) is 46.9 Å². The molecule has 3 aromatic rings. The van der Waals surface area contributed by atoms with E-state index in [2.05, 4.69) is 10.4 Å². The van der Waals surface area contributed by atoms with Crippen LogP contribution in [0.2, 0.25) is 0 Å². The minimum absolute atomic E-state index is 0.0952. The SMILES string of the molecule is O=C(NCCSCc1ccccc1F)c1ccc(Cn2cccn2)cc1. The van der Waals surface area contributed by atoms with Gasteiger partial charge in [0.1, 0.15) is 5.82 Å². The van der Waals surface area contributed by atoms with Crippen LogP contribution >= 0.6 is 11.8 Å². The van der Waals surface area contributed by atoms with E-state index in [0.717, 1.165) is 11.3 Å². The normalized spacial score (nSPS) is 10.7. The van der Waals surface area contributed by atoms with Gasteiger partial charge in [-0.05, 0) is 35.4 Å². The van der Waals surface area contributed by atoms with Crippen molar-refractivity contribution in [1.29, 1.82) is 0 Å². The highest BCUT2D eigenvalue weighted by atomic mass is 32.2. The number of rotatable bonds is 8. The molecular weight excluding hydrogens is 349 g/mol. The zero-order chi connectivity index (χ0) is 18.2. The van der Waals surface area contributed by atoms with Gasteiger partial charge in [0.2, 0.25) is 0 Å². The predicted molar refractivity (Wildman–Crippen MR) is 103 cm³/mol. The fourth-order valence-electron chi connectivity index (χ4n) is 2.48. The zero-order valence-electron chi connectivity index (χ0n) is 14.3. The van der Waals surface area contributed by atoms with Gasteiger partial charge in [0.25, 0.3) is 5.91 Å². The van der Waals surface area contributed by atoms with Gasteiger partial charge >= 0.3 is 0 Å². The highest BCUT2D eigenvalue weighted by molar-refractivity contribution is 7.98. The number of nitrogens with one attached hydrogen (secondary N) is 1. The molecule has 0 atom stereocenters. The van der Waals surface area contributed by atoms with Crippen LogP contribution in [0.1, 0.15) is 21.5 Å². The van der Waals surface area contributed by atoms with Crippen molar-refractivity contribution in [3.63, 3.8) is 0 Å². The Morgan fingerprint density at radius 1 is 1.12 bits per heavy atom. The van der Waals surface area contributed by atoms with Crippen LogP contribution in [0.5, 0.6) is 0 Å². The number of aromatic nitrogens is 2. The van der Waals surface area contributed by atoms with Crippen LogP contribution in [0.4, 0.5) is 4.39 Å². The maximum absolute atomic E-state index is 13.5. The summed E-state index contributed by atoms with van der Waals surface area (Å²) in [5.41, 5.74) is 2.41. The first kappa shape index (κ1) is 18.2. The number of amides is 1. The molecule has 3 rings (SSSR count). The Bertz CT molecular complexity index is 835. The second kappa shape index (κ2) is 9.20. The van der Waals surface area contributed by atoms with E-state index in [4.69, 9.17) is 0 Å². The van der Waals surface area contributed by atoms with Crippen molar-refractivity contribution < 1.29 is 9.18 Å². The standard InChI is InChI=1S/C20H20FN3OS/c21-19-5-2-1-4-18(19)15-26-13-11-22-20(25)17-8-6-16(7-9-17)14-24-12-3-10-23-24/h1-10,12H,11,13-15H2,(H,22,25). The van der Waals surface area contributed by atoms with E-state index in [1.807, 2.05) is 47.3 Å². The number of thioether (sulfide) groups is 1. The molecule has 134 valence electrons. The number of benzene rings is 2. The fourth-order valence-corrected chi connectivity index (χ4v) is 3.32. The third-order valence-corrected chi connectivity index (χ3v) is 4.88. The summed E-state index contributed by atoms with van der Waals surface area (Å²) in [6.07, 6.45) is 3.64. The van der Waals surface area contributed by atoms with Gasteiger partial charge in [0.15, 0.2) is 0 Å². The zero-order valence-corrected chi connectivity index (χ0v) is 15.1. The summed E-state index contributed by atoms with van der Waals surface area (Å²) in [4.78, 5) is 12.2. The van der Waals surface area contributed by atoms with Crippen molar-refractivity contribution in [3.05, 3.63) is 89.5 Å². The second-order valence-corrected chi connectivity index (χ2v) is 6.91. The molecule has 0 saturated heterocycles. The van der Waals surface area contributed by atoms with E-state index in [1.54, 1.807) is 30.1 Å². The number of nitrogens with zero attached hydrogens (tertiary/aromatic N) is 2. The van der Waals surface area contributed by atoms with Gasteiger partial charge in [-0.2, -0.15) is 16.9 Å². The molecule has 0 aliphatic heterocycles. The van der Waals surface area contributed by atoms with Gasteiger partial charge in [0.05, 0.1) is 6.54 Å². The van der Waals surface area contributed by atoms with Crippen molar-refractivity contribution in [2.24, 2.45) is 0 Å². The molecule has 0 bridgehead atoms. The number of hydrogen-bond donors (Lipinski definition) is 1. The molecule has 1 heterocycles. The lowest BCUT2D eigenvalue weighted by molar-refractivity contribution is 0.0956. The summed E-state index contributed by atoms with van der Waals surface area (Å²) >= 11 is 1.60. The molecule has 0 spiro atoms. The lowest BCUT2D eigenvalue weighted by atomic mass is 10.1. The number of carbonyl (C=O) groups excluding carboxylic acids is 1. The average molecular weight is 369 g/mol. The molecule has 2 aromatic carbocycles.